The Morgan fingerprint density at radius 2 is 2.17 bits per heavy atom. The molecule has 0 fully saturated rings. The molecule has 2 N–H and O–H groups in total. The molecule has 0 radical (unpaired) electrons. The predicted octanol–water partition coefficient (Wildman–Crippen LogP) is 3.29. The van der Waals surface area contributed by atoms with Crippen molar-refractivity contribution in [2.75, 3.05) is 5.32 Å². The van der Waals surface area contributed by atoms with Gasteiger partial charge in [0, 0.05) is 34.5 Å². The quantitative estimate of drug-likeness (QED) is 0.716. The smallest absolute Gasteiger partial charge is 0.224 e. The summed E-state index contributed by atoms with van der Waals surface area (Å²) >= 11 is 3.25. The van der Waals surface area contributed by atoms with Gasteiger partial charge in [0.2, 0.25) is 5.91 Å². The van der Waals surface area contributed by atoms with Gasteiger partial charge in [0.05, 0.1) is 0 Å². The van der Waals surface area contributed by atoms with Crippen LogP contribution in [0.5, 0.6) is 0 Å². The van der Waals surface area contributed by atoms with Gasteiger partial charge in [0.25, 0.3) is 0 Å². The number of nitrogens with zero attached hydrogens (tertiary/aromatic N) is 3. The van der Waals surface area contributed by atoms with E-state index in [4.69, 9.17) is 0 Å². The Morgan fingerprint density at radius 3 is 2.83 bits per heavy atom. The molecule has 1 aromatic carbocycles. The third-order valence-corrected chi connectivity index (χ3v) is 5.06. The van der Waals surface area contributed by atoms with Gasteiger partial charge in [0.15, 0.2) is 4.34 Å². The number of aromatic nitrogens is 4. The van der Waals surface area contributed by atoms with Crippen LogP contribution >= 0.6 is 23.1 Å². The van der Waals surface area contributed by atoms with E-state index in [0.29, 0.717) is 18.7 Å². The lowest BCUT2D eigenvalue weighted by atomic mass is 10.2. The molecule has 0 bridgehead atoms. The van der Waals surface area contributed by atoms with Crippen LogP contribution < -0.4 is 5.32 Å². The highest BCUT2D eigenvalue weighted by atomic mass is 32.2. The maximum Gasteiger partial charge on any atom is 0.224 e. The molecule has 2 aromatic heterocycles. The van der Waals surface area contributed by atoms with E-state index in [-0.39, 0.29) is 5.91 Å². The minimum atomic E-state index is -0.0441. The molecule has 0 aliphatic heterocycles. The average Bonchev–Trinajstić information content (AvgIpc) is 3.19. The second-order valence-corrected chi connectivity index (χ2v) is 7.04. The van der Waals surface area contributed by atoms with Gasteiger partial charge < -0.3 is 5.32 Å². The standard InChI is InChI=1S/C15H15N5OS2/c1-10-8-22-15(18-10)23-12-4-2-11(3-5-12)19-14(21)7-6-13-16-9-17-20-13/h2-5,8-9H,6-7H2,1H3,(H,19,21)(H,16,17,20). The molecule has 8 heteroatoms. The van der Waals surface area contributed by atoms with Gasteiger partial charge in [-0.3, -0.25) is 9.89 Å². The number of hydrogen-bond acceptors (Lipinski definition) is 6. The Bertz CT molecular complexity index is 768. The fourth-order valence-corrected chi connectivity index (χ4v) is 3.70. The van der Waals surface area contributed by atoms with Crippen LogP contribution in [-0.2, 0) is 11.2 Å². The summed E-state index contributed by atoms with van der Waals surface area (Å²) in [5.41, 5.74) is 1.82. The average molecular weight is 345 g/mol. The van der Waals surface area contributed by atoms with Crippen molar-refractivity contribution in [1.82, 2.24) is 20.2 Å². The highest BCUT2D eigenvalue weighted by molar-refractivity contribution is 8.01. The van der Waals surface area contributed by atoms with E-state index >= 15 is 0 Å². The number of benzene rings is 1. The van der Waals surface area contributed by atoms with E-state index in [1.807, 2.05) is 36.6 Å². The Morgan fingerprint density at radius 1 is 1.35 bits per heavy atom. The summed E-state index contributed by atoms with van der Waals surface area (Å²) in [5, 5.41) is 11.4. The summed E-state index contributed by atoms with van der Waals surface area (Å²) in [6, 6.07) is 7.76. The van der Waals surface area contributed by atoms with Crippen molar-refractivity contribution in [2.24, 2.45) is 0 Å². The molecule has 6 nitrogen and oxygen atoms in total. The summed E-state index contributed by atoms with van der Waals surface area (Å²) in [6.07, 6.45) is 2.35. The molecule has 0 spiro atoms. The van der Waals surface area contributed by atoms with Crippen LogP contribution in [0.3, 0.4) is 0 Å². The number of amides is 1. The van der Waals surface area contributed by atoms with Crippen LogP contribution in [0.4, 0.5) is 5.69 Å². The van der Waals surface area contributed by atoms with Gasteiger partial charge in [0.1, 0.15) is 12.2 Å². The van der Waals surface area contributed by atoms with Crippen molar-refractivity contribution in [3.8, 4) is 0 Å². The van der Waals surface area contributed by atoms with Gasteiger partial charge in [-0.15, -0.1) is 11.3 Å². The molecular weight excluding hydrogens is 330 g/mol. The van der Waals surface area contributed by atoms with Crippen LogP contribution in [0.25, 0.3) is 0 Å². The number of aromatic amines is 1. The van der Waals surface area contributed by atoms with Crippen molar-refractivity contribution in [3.05, 3.63) is 47.5 Å². The molecule has 23 heavy (non-hydrogen) atoms. The highest BCUT2D eigenvalue weighted by Gasteiger charge is 2.06. The molecule has 0 atom stereocenters. The number of H-pyrrole nitrogens is 1. The maximum atomic E-state index is 11.9. The first-order valence-electron chi connectivity index (χ1n) is 7.03. The number of aryl methyl sites for hydroxylation is 2. The molecule has 0 unspecified atom stereocenters. The third kappa shape index (κ3) is 4.64. The predicted molar refractivity (Wildman–Crippen MR) is 90.7 cm³/mol. The molecule has 118 valence electrons. The number of carbonyl (C=O) groups excluding carboxylic acids is 1. The highest BCUT2D eigenvalue weighted by Crippen LogP contribution is 2.30. The number of rotatable bonds is 6. The van der Waals surface area contributed by atoms with Crippen molar-refractivity contribution in [2.45, 2.75) is 29.0 Å². The normalized spacial score (nSPS) is 10.7. The van der Waals surface area contributed by atoms with Gasteiger partial charge >= 0.3 is 0 Å². The largest absolute Gasteiger partial charge is 0.326 e. The molecule has 0 aliphatic rings. The van der Waals surface area contributed by atoms with E-state index < -0.39 is 0 Å². The first-order chi connectivity index (χ1) is 11.2. The lowest BCUT2D eigenvalue weighted by molar-refractivity contribution is -0.116. The zero-order chi connectivity index (χ0) is 16.1. The summed E-state index contributed by atoms with van der Waals surface area (Å²) in [7, 11) is 0. The Balaban J connectivity index is 1.51. The van der Waals surface area contributed by atoms with Crippen molar-refractivity contribution in [3.63, 3.8) is 0 Å². The van der Waals surface area contributed by atoms with Crippen LogP contribution in [0.2, 0.25) is 0 Å². The van der Waals surface area contributed by atoms with E-state index in [2.05, 4.69) is 25.5 Å². The van der Waals surface area contributed by atoms with Crippen LogP contribution in [0.15, 0.2) is 45.2 Å². The Labute approximate surface area is 141 Å². The maximum absolute atomic E-state index is 11.9. The summed E-state index contributed by atoms with van der Waals surface area (Å²) in [6.45, 7) is 1.98. The van der Waals surface area contributed by atoms with E-state index in [1.54, 1.807) is 23.1 Å². The van der Waals surface area contributed by atoms with Gasteiger partial charge in [-0.25, -0.2) is 9.97 Å². The van der Waals surface area contributed by atoms with Crippen LogP contribution in [-0.4, -0.2) is 26.1 Å². The number of carbonyl (C=O) groups is 1. The SMILES string of the molecule is Cc1csc(Sc2ccc(NC(=O)CCc3ncn[nH]3)cc2)n1. The zero-order valence-corrected chi connectivity index (χ0v) is 14.1. The summed E-state index contributed by atoms with van der Waals surface area (Å²) in [5.74, 6) is 0.669. The fourth-order valence-electron chi connectivity index (χ4n) is 1.89. The first-order valence-corrected chi connectivity index (χ1v) is 8.73. The molecule has 3 rings (SSSR count). The zero-order valence-electron chi connectivity index (χ0n) is 12.4. The van der Waals surface area contributed by atoms with Crippen molar-refractivity contribution in [1.29, 1.82) is 0 Å². The molecule has 2 heterocycles. The molecule has 0 saturated heterocycles. The second-order valence-electron chi connectivity index (χ2n) is 4.86. The van der Waals surface area contributed by atoms with Crippen LogP contribution in [0, 0.1) is 6.92 Å². The van der Waals surface area contributed by atoms with E-state index in [9.17, 15) is 4.79 Å². The van der Waals surface area contributed by atoms with Crippen molar-refractivity contribution < 1.29 is 4.79 Å². The topological polar surface area (TPSA) is 83.6 Å². The Hall–Kier alpha value is -2.19. The lowest BCUT2D eigenvalue weighted by Gasteiger charge is -2.05. The molecular formula is C15H15N5OS2. The fraction of sp³-hybridized carbons (Fsp3) is 0.200. The summed E-state index contributed by atoms with van der Waals surface area (Å²) in [4.78, 5) is 21.4. The number of thiazole rings is 1. The molecule has 0 aliphatic carbocycles. The minimum absolute atomic E-state index is 0.0441. The van der Waals surface area contributed by atoms with Gasteiger partial charge in [-0.2, -0.15) is 5.10 Å². The molecule has 3 aromatic rings. The van der Waals surface area contributed by atoms with E-state index in [1.165, 1.54) is 6.33 Å². The summed E-state index contributed by atoms with van der Waals surface area (Å²) < 4.78 is 1.02. The number of hydrogen-bond donors (Lipinski definition) is 2. The van der Waals surface area contributed by atoms with E-state index in [0.717, 1.165) is 20.6 Å². The Kier molecular flexibility index (Phi) is 5.04. The first kappa shape index (κ1) is 15.7. The lowest BCUT2D eigenvalue weighted by Crippen LogP contribution is -2.12. The number of nitrogens with one attached hydrogen (secondary N) is 2. The monoisotopic (exact) mass is 345 g/mol. The second kappa shape index (κ2) is 7.38. The van der Waals surface area contributed by atoms with Gasteiger partial charge in [-0.1, -0.05) is 11.8 Å². The van der Waals surface area contributed by atoms with Crippen LogP contribution in [0.1, 0.15) is 17.9 Å². The number of anilines is 1. The third-order valence-electron chi connectivity index (χ3n) is 2.99. The molecule has 0 saturated carbocycles. The molecule has 1 amide bonds. The van der Waals surface area contributed by atoms with Gasteiger partial charge in [-0.05, 0) is 31.2 Å². The van der Waals surface area contributed by atoms with Crippen molar-refractivity contribution >= 4 is 34.7 Å². The minimum Gasteiger partial charge on any atom is -0.326 e.